The minimum atomic E-state index is -0.390. The van der Waals surface area contributed by atoms with Crippen LogP contribution < -0.4 is 0 Å². The quantitative estimate of drug-likeness (QED) is 0.366. The first kappa shape index (κ1) is 18.4. The normalized spacial score (nSPS) is 15.5. The maximum absolute atomic E-state index is 9.62. The van der Waals surface area contributed by atoms with Gasteiger partial charge in [0.05, 0.1) is 12.0 Å². The first-order valence-electron chi connectivity index (χ1n) is 10.9. The van der Waals surface area contributed by atoms with Crippen molar-refractivity contribution in [1.29, 1.82) is 0 Å². The molecule has 0 saturated carbocycles. The van der Waals surface area contributed by atoms with Crippen molar-refractivity contribution in [2.75, 3.05) is 0 Å². The van der Waals surface area contributed by atoms with E-state index in [1.54, 1.807) is 0 Å². The van der Waals surface area contributed by atoms with Crippen molar-refractivity contribution in [3.63, 3.8) is 0 Å². The Morgan fingerprint density at radius 3 is 1.94 bits per heavy atom. The molecule has 1 N–H and O–H groups in total. The molecule has 0 aromatic heterocycles. The Morgan fingerprint density at radius 2 is 1.29 bits per heavy atom. The molecular weight excluding hydrogens is 376 g/mol. The topological polar surface area (TPSA) is 20.2 Å². The van der Waals surface area contributed by atoms with E-state index in [4.69, 9.17) is 0 Å². The molecule has 150 valence electrons. The predicted octanol–water partition coefficient (Wildman–Crippen LogP) is 6.50. The van der Waals surface area contributed by atoms with Gasteiger partial charge >= 0.3 is 0 Å². The number of aliphatic hydroxyl groups is 1. The maximum Gasteiger partial charge on any atom is 0.0713 e. The molecule has 0 atom stereocenters. The van der Waals surface area contributed by atoms with Gasteiger partial charge in [-0.05, 0) is 74.6 Å². The van der Waals surface area contributed by atoms with Gasteiger partial charge in [0.15, 0.2) is 0 Å². The van der Waals surface area contributed by atoms with E-state index in [1.165, 1.54) is 50.1 Å². The summed E-state index contributed by atoms with van der Waals surface area (Å²) in [5.41, 5.74) is 12.2. The van der Waals surface area contributed by atoms with E-state index in [2.05, 4.69) is 85.4 Å². The summed E-state index contributed by atoms with van der Waals surface area (Å²) in [6.45, 7) is 4.40. The highest BCUT2D eigenvalue weighted by Gasteiger charge is 2.46. The molecule has 31 heavy (non-hydrogen) atoms. The van der Waals surface area contributed by atoms with Crippen LogP contribution in [-0.4, -0.2) is 5.11 Å². The SMILES string of the molecule is C=C1CCc2ccc(C3(c4ccc(CO)cc4)c4ccccc4-c4ccccc43)cc21. The lowest BCUT2D eigenvalue weighted by molar-refractivity contribution is 0.282. The zero-order valence-corrected chi connectivity index (χ0v) is 17.4. The van der Waals surface area contributed by atoms with Crippen LogP contribution in [0.2, 0.25) is 0 Å². The summed E-state index contributed by atoms with van der Waals surface area (Å²) < 4.78 is 0. The minimum absolute atomic E-state index is 0.0547. The van der Waals surface area contributed by atoms with Crippen molar-refractivity contribution in [2.24, 2.45) is 0 Å². The van der Waals surface area contributed by atoms with Crippen molar-refractivity contribution < 1.29 is 5.11 Å². The van der Waals surface area contributed by atoms with E-state index in [1.807, 2.05) is 12.1 Å². The maximum atomic E-state index is 9.62. The standard InChI is InChI=1S/C30H24O/c1-20-10-13-22-14-17-24(18-27(20)22)30(23-15-11-21(19-31)12-16-23)28-8-4-2-6-25(28)26-7-3-5-9-29(26)30/h2-9,11-12,14-18,31H,1,10,13,19H2. The molecule has 0 amide bonds. The third-order valence-electron chi connectivity index (χ3n) is 7.14. The number of allylic oxidation sites excluding steroid dienone is 1. The Labute approximate surface area is 183 Å². The molecule has 2 aliphatic carbocycles. The first-order chi connectivity index (χ1) is 15.2. The van der Waals surface area contributed by atoms with Gasteiger partial charge in [-0.3, -0.25) is 0 Å². The van der Waals surface area contributed by atoms with Gasteiger partial charge in [0, 0.05) is 0 Å². The molecule has 0 spiro atoms. The molecule has 0 unspecified atom stereocenters. The Kier molecular flexibility index (Phi) is 4.03. The van der Waals surface area contributed by atoms with Crippen LogP contribution >= 0.6 is 0 Å². The number of fused-ring (bicyclic) bond motifs is 4. The third-order valence-corrected chi connectivity index (χ3v) is 7.14. The number of hydrogen-bond acceptors (Lipinski definition) is 1. The lowest BCUT2D eigenvalue weighted by Crippen LogP contribution is -2.28. The summed E-state index contributed by atoms with van der Waals surface area (Å²) >= 11 is 0. The van der Waals surface area contributed by atoms with E-state index in [9.17, 15) is 5.11 Å². The van der Waals surface area contributed by atoms with Crippen molar-refractivity contribution in [3.8, 4) is 11.1 Å². The molecule has 4 aromatic carbocycles. The summed E-state index contributed by atoms with van der Waals surface area (Å²) in [4.78, 5) is 0. The van der Waals surface area contributed by atoms with E-state index >= 15 is 0 Å². The van der Waals surface area contributed by atoms with E-state index < -0.39 is 0 Å². The zero-order chi connectivity index (χ0) is 21.0. The molecule has 0 bridgehead atoms. The molecule has 0 aliphatic heterocycles. The summed E-state index contributed by atoms with van der Waals surface area (Å²) in [5.74, 6) is 0. The summed E-state index contributed by atoms with van der Waals surface area (Å²) in [7, 11) is 0. The summed E-state index contributed by atoms with van der Waals surface area (Å²) in [6.07, 6.45) is 2.13. The molecule has 0 fully saturated rings. The van der Waals surface area contributed by atoms with Crippen LogP contribution in [-0.2, 0) is 18.4 Å². The molecule has 2 aliphatic rings. The fraction of sp³-hybridized carbons (Fsp3) is 0.133. The van der Waals surface area contributed by atoms with Crippen molar-refractivity contribution >= 4 is 5.57 Å². The van der Waals surface area contributed by atoms with Crippen molar-refractivity contribution in [2.45, 2.75) is 24.9 Å². The fourth-order valence-electron chi connectivity index (χ4n) is 5.66. The monoisotopic (exact) mass is 400 g/mol. The van der Waals surface area contributed by atoms with Gasteiger partial charge in [-0.25, -0.2) is 0 Å². The van der Waals surface area contributed by atoms with Gasteiger partial charge in [0.1, 0.15) is 0 Å². The van der Waals surface area contributed by atoms with Gasteiger partial charge in [-0.15, -0.1) is 0 Å². The molecule has 0 radical (unpaired) electrons. The smallest absolute Gasteiger partial charge is 0.0713 e. The van der Waals surface area contributed by atoms with Crippen LogP contribution in [0.1, 0.15) is 45.4 Å². The van der Waals surface area contributed by atoms with Gasteiger partial charge in [-0.2, -0.15) is 0 Å². The van der Waals surface area contributed by atoms with Crippen LogP contribution in [0, 0.1) is 0 Å². The van der Waals surface area contributed by atoms with Gasteiger partial charge in [-0.1, -0.05) is 91.5 Å². The second-order valence-corrected chi connectivity index (χ2v) is 8.67. The molecule has 1 nitrogen and oxygen atoms in total. The number of rotatable bonds is 3. The second kappa shape index (κ2) is 6.80. The summed E-state index contributed by atoms with van der Waals surface area (Å²) in [6, 6.07) is 33.1. The van der Waals surface area contributed by atoms with E-state index in [-0.39, 0.29) is 12.0 Å². The van der Waals surface area contributed by atoms with Gasteiger partial charge < -0.3 is 5.11 Å². The van der Waals surface area contributed by atoms with E-state index in [0.717, 1.165) is 18.4 Å². The molecule has 0 saturated heterocycles. The molecule has 4 aromatic rings. The Bertz CT molecular complexity index is 1280. The van der Waals surface area contributed by atoms with Gasteiger partial charge in [0.2, 0.25) is 0 Å². The lowest BCUT2D eigenvalue weighted by atomic mass is 9.67. The predicted molar refractivity (Wildman–Crippen MR) is 127 cm³/mol. The molecule has 1 heteroatoms. The van der Waals surface area contributed by atoms with Gasteiger partial charge in [0.25, 0.3) is 0 Å². The van der Waals surface area contributed by atoms with Crippen LogP contribution in [0.4, 0.5) is 0 Å². The lowest BCUT2D eigenvalue weighted by Gasteiger charge is -2.34. The van der Waals surface area contributed by atoms with Crippen LogP contribution in [0.15, 0.2) is 97.6 Å². The minimum Gasteiger partial charge on any atom is -0.392 e. The van der Waals surface area contributed by atoms with Crippen molar-refractivity contribution in [3.05, 3.63) is 137 Å². The van der Waals surface area contributed by atoms with E-state index in [0.29, 0.717) is 0 Å². The van der Waals surface area contributed by atoms with Crippen LogP contribution in [0.25, 0.3) is 16.7 Å². The average Bonchev–Trinajstić information content (AvgIpc) is 3.35. The second-order valence-electron chi connectivity index (χ2n) is 8.67. The van der Waals surface area contributed by atoms with Crippen molar-refractivity contribution in [1.82, 2.24) is 0 Å². The Hall–Kier alpha value is -3.42. The zero-order valence-electron chi connectivity index (χ0n) is 17.4. The number of aliphatic hydroxyl groups excluding tert-OH is 1. The highest BCUT2D eigenvalue weighted by Crippen LogP contribution is 2.56. The number of hydrogen-bond donors (Lipinski definition) is 1. The van der Waals surface area contributed by atoms with Crippen LogP contribution in [0.5, 0.6) is 0 Å². The number of aryl methyl sites for hydroxylation is 1. The Balaban J connectivity index is 1.73. The first-order valence-corrected chi connectivity index (χ1v) is 10.9. The highest BCUT2D eigenvalue weighted by atomic mass is 16.3. The molecule has 0 heterocycles. The summed E-state index contributed by atoms with van der Waals surface area (Å²) in [5, 5.41) is 9.62. The largest absolute Gasteiger partial charge is 0.392 e. The third kappa shape index (κ3) is 2.47. The number of benzene rings is 4. The molecular formula is C30H24O. The Morgan fingerprint density at radius 1 is 0.677 bits per heavy atom. The molecule has 6 rings (SSSR count). The fourth-order valence-corrected chi connectivity index (χ4v) is 5.66. The van der Waals surface area contributed by atoms with Crippen LogP contribution in [0.3, 0.4) is 0 Å². The average molecular weight is 401 g/mol. The highest BCUT2D eigenvalue weighted by molar-refractivity contribution is 5.86.